The van der Waals surface area contributed by atoms with E-state index < -0.39 is 45.2 Å². The van der Waals surface area contributed by atoms with Gasteiger partial charge in [0.1, 0.15) is 0 Å². The zero-order chi connectivity index (χ0) is 15.6. The van der Waals surface area contributed by atoms with Crippen molar-refractivity contribution >= 4 is 27.1 Å². The summed E-state index contributed by atoms with van der Waals surface area (Å²) in [5.74, 6) is -3.68. The van der Waals surface area contributed by atoms with Gasteiger partial charge in [-0.25, -0.2) is 0 Å². The van der Waals surface area contributed by atoms with E-state index in [1.807, 2.05) is 0 Å². The fourth-order valence-corrected chi connectivity index (χ4v) is 3.59. The number of carbonyl (C=O) groups excluding carboxylic acids is 1. The third kappa shape index (κ3) is 5.56. The molecule has 112 valence electrons. The first-order valence-electron chi connectivity index (χ1n) is 4.51. The van der Waals surface area contributed by atoms with Gasteiger partial charge in [0.2, 0.25) is 5.02 Å². The van der Waals surface area contributed by atoms with Crippen molar-refractivity contribution in [3.05, 3.63) is 0 Å². The second-order valence-electron chi connectivity index (χ2n) is 3.68. The maximum atomic E-state index is 11.3. The number of nitrogens with zero attached hydrogens (tertiary/aromatic N) is 1. The van der Waals surface area contributed by atoms with E-state index in [1.165, 1.54) is 0 Å². The molecule has 20 heavy (non-hydrogen) atoms. The van der Waals surface area contributed by atoms with E-state index >= 15 is 0 Å². The monoisotopic (exact) mass is 359 g/mol. The van der Waals surface area contributed by atoms with Crippen LogP contribution in [0.5, 0.6) is 0 Å². The molecule has 0 aliphatic carbocycles. The Morgan fingerprint density at radius 3 is 1.65 bits per heavy atom. The molecule has 0 unspecified atom stereocenters. The van der Waals surface area contributed by atoms with Gasteiger partial charge in [-0.15, -0.1) is 0 Å². The summed E-state index contributed by atoms with van der Waals surface area (Å²) in [6.45, 7) is -2.29. The molecule has 0 aromatic carbocycles. The van der Waals surface area contributed by atoms with Crippen LogP contribution in [0.1, 0.15) is 6.92 Å². The Morgan fingerprint density at radius 1 is 1.10 bits per heavy atom. The smallest absolute Gasteiger partial charge is 0.549 e. The van der Waals surface area contributed by atoms with Crippen molar-refractivity contribution in [1.82, 2.24) is 4.90 Å². The number of aliphatic carboxylic acids is 2. The molecule has 0 spiro atoms. The first-order chi connectivity index (χ1) is 8.23. The molecule has 0 saturated carbocycles. The van der Waals surface area contributed by atoms with E-state index in [1.54, 1.807) is 0 Å². The van der Waals surface area contributed by atoms with Gasteiger partial charge in [-0.2, -0.15) is 0 Å². The van der Waals surface area contributed by atoms with Gasteiger partial charge in [-0.3, -0.25) is 18.8 Å². The van der Waals surface area contributed by atoms with Crippen LogP contribution >= 0.6 is 15.2 Å². The van der Waals surface area contributed by atoms with Crippen molar-refractivity contribution in [2.45, 2.75) is 11.9 Å². The van der Waals surface area contributed by atoms with Crippen molar-refractivity contribution in [3.63, 3.8) is 0 Å². The molecule has 14 heteroatoms. The predicted molar refractivity (Wildman–Crippen MR) is 56.7 cm³/mol. The SMILES string of the molecule is CC(N(CC(=O)[O-])CC(=O)O)(P(=O)(O)O)P(=O)(O)O.[K+]. The fraction of sp³-hybridized carbons (Fsp3) is 0.667. The van der Waals surface area contributed by atoms with E-state index in [0.29, 0.717) is 6.92 Å². The summed E-state index contributed by atoms with van der Waals surface area (Å²) in [7, 11) is -11.1. The number of carbonyl (C=O) groups is 2. The average molecular weight is 359 g/mol. The minimum atomic E-state index is -5.57. The number of carboxylic acids is 2. The van der Waals surface area contributed by atoms with Crippen LogP contribution in [-0.2, 0) is 18.7 Å². The van der Waals surface area contributed by atoms with Gasteiger partial charge in [0, 0.05) is 6.54 Å². The molecule has 0 radical (unpaired) electrons. The third-order valence-corrected chi connectivity index (χ3v) is 6.68. The Labute approximate surface area is 155 Å². The zero-order valence-corrected chi connectivity index (χ0v) is 15.4. The maximum Gasteiger partial charge on any atom is 1.00 e. The average Bonchev–Trinajstić information content (AvgIpc) is 2.09. The minimum absolute atomic E-state index is 0. The third-order valence-electron chi connectivity index (χ3n) is 2.35. The van der Waals surface area contributed by atoms with Crippen molar-refractivity contribution in [1.29, 1.82) is 0 Å². The molecule has 0 aromatic rings. The van der Waals surface area contributed by atoms with Gasteiger partial charge >= 0.3 is 72.5 Å². The summed E-state index contributed by atoms with van der Waals surface area (Å²) >= 11 is 0. The first-order valence-corrected chi connectivity index (χ1v) is 7.74. The number of carboxylic acid groups (broad SMARTS) is 2. The molecule has 11 nitrogen and oxygen atoms in total. The second-order valence-corrected chi connectivity index (χ2v) is 7.95. The van der Waals surface area contributed by atoms with Crippen LogP contribution in [0.3, 0.4) is 0 Å². The predicted octanol–water partition coefficient (Wildman–Crippen LogP) is -5.84. The van der Waals surface area contributed by atoms with Crippen LogP contribution in [-0.4, -0.2) is 59.6 Å². The molecule has 0 amide bonds. The zero-order valence-electron chi connectivity index (χ0n) is 10.5. The minimum Gasteiger partial charge on any atom is -0.549 e. The van der Waals surface area contributed by atoms with E-state index in [-0.39, 0.29) is 56.3 Å². The summed E-state index contributed by atoms with van der Waals surface area (Å²) in [5, 5.41) is 15.7. The molecule has 0 bridgehead atoms. The Hall–Kier alpha value is 0.836. The van der Waals surface area contributed by atoms with Crippen molar-refractivity contribution < 1.29 is 99.9 Å². The molecule has 0 saturated heterocycles. The summed E-state index contributed by atoms with van der Waals surface area (Å²) in [4.78, 5) is 57.1. The van der Waals surface area contributed by atoms with Crippen LogP contribution in [0, 0.1) is 0 Å². The standard InChI is InChI=1S/C6H13NO10P2.K/c1-6(18(12,13)14,19(15,16)17)7(2-4(8)9)3-5(10)11;/h2-3H2,1H3,(H,8,9)(H,10,11)(H2,12,13,14)(H2,15,16,17);/q;+1/p-1. The molecule has 0 fully saturated rings. The Kier molecular flexibility index (Phi) is 9.13. The molecule has 0 aliphatic rings. The summed E-state index contributed by atoms with van der Waals surface area (Å²) in [6.07, 6.45) is 0. The van der Waals surface area contributed by atoms with Crippen molar-refractivity contribution in [3.8, 4) is 0 Å². The van der Waals surface area contributed by atoms with E-state index in [2.05, 4.69) is 0 Å². The Bertz CT molecular complexity index is 430. The van der Waals surface area contributed by atoms with Gasteiger partial charge in [0.25, 0.3) is 0 Å². The Morgan fingerprint density at radius 2 is 1.45 bits per heavy atom. The van der Waals surface area contributed by atoms with Gasteiger partial charge in [-0.05, 0) is 6.92 Å². The summed E-state index contributed by atoms with van der Waals surface area (Å²) < 4.78 is 22.5. The van der Waals surface area contributed by atoms with Crippen LogP contribution in [0.4, 0.5) is 0 Å². The molecule has 0 heterocycles. The molecule has 0 aliphatic heterocycles. The largest absolute Gasteiger partial charge is 1.00 e. The molecule has 5 N–H and O–H groups in total. The molecular weight excluding hydrogens is 347 g/mol. The van der Waals surface area contributed by atoms with Gasteiger partial charge in [0.05, 0.1) is 12.5 Å². The fourth-order valence-electron chi connectivity index (χ4n) is 1.21. The maximum absolute atomic E-state index is 11.3. The molecule has 0 aromatic heterocycles. The van der Waals surface area contributed by atoms with Crippen LogP contribution in [0.15, 0.2) is 0 Å². The van der Waals surface area contributed by atoms with Crippen LogP contribution in [0.2, 0.25) is 0 Å². The molecule has 0 rings (SSSR count). The number of rotatable bonds is 7. The van der Waals surface area contributed by atoms with Gasteiger partial charge in [-0.1, -0.05) is 0 Å². The first kappa shape index (κ1) is 23.1. The number of hydrogen-bond acceptors (Lipinski definition) is 6. The second kappa shape index (κ2) is 7.91. The Balaban J connectivity index is 0. The van der Waals surface area contributed by atoms with E-state index in [0.717, 1.165) is 0 Å². The quantitative estimate of drug-likeness (QED) is 0.214. The van der Waals surface area contributed by atoms with E-state index in [4.69, 9.17) is 24.7 Å². The van der Waals surface area contributed by atoms with E-state index in [9.17, 15) is 23.8 Å². The summed E-state index contributed by atoms with van der Waals surface area (Å²) in [6, 6.07) is 0. The van der Waals surface area contributed by atoms with Gasteiger partial charge < -0.3 is 34.6 Å². The topological polar surface area (TPSA) is 196 Å². The number of hydrogen-bond donors (Lipinski definition) is 5. The molecule has 0 atom stereocenters. The van der Waals surface area contributed by atoms with Crippen LogP contribution < -0.4 is 56.5 Å². The van der Waals surface area contributed by atoms with Crippen molar-refractivity contribution in [2.24, 2.45) is 0 Å². The van der Waals surface area contributed by atoms with Crippen molar-refractivity contribution in [2.75, 3.05) is 13.1 Å². The normalized spacial score (nSPS) is 12.9. The van der Waals surface area contributed by atoms with Crippen LogP contribution in [0.25, 0.3) is 0 Å². The molecular formula is C6H12KNO10P2. The van der Waals surface area contributed by atoms with Gasteiger partial charge in [0.15, 0.2) is 0 Å². The summed E-state index contributed by atoms with van der Waals surface area (Å²) in [5.41, 5.74) is 0.